The van der Waals surface area contributed by atoms with Gasteiger partial charge in [0.05, 0.1) is 12.7 Å². The van der Waals surface area contributed by atoms with Crippen LogP contribution in [0, 0.1) is 6.92 Å². The fourth-order valence-electron chi connectivity index (χ4n) is 2.22. The summed E-state index contributed by atoms with van der Waals surface area (Å²) in [6.45, 7) is 11.4. The van der Waals surface area contributed by atoms with Crippen molar-refractivity contribution in [2.24, 2.45) is 0 Å². The lowest BCUT2D eigenvalue weighted by Gasteiger charge is -2.44. The maximum absolute atomic E-state index is 5.73. The van der Waals surface area contributed by atoms with Crippen molar-refractivity contribution in [3.05, 3.63) is 29.6 Å². The Morgan fingerprint density at radius 2 is 2.29 bits per heavy atom. The zero-order chi connectivity index (χ0) is 12.5. The molecule has 3 nitrogen and oxygen atoms in total. The predicted octanol–water partition coefficient (Wildman–Crippen LogP) is 2.39. The van der Waals surface area contributed by atoms with Gasteiger partial charge in [-0.3, -0.25) is 9.88 Å². The van der Waals surface area contributed by atoms with E-state index in [0.29, 0.717) is 6.10 Å². The number of morpholine rings is 1. The molecule has 1 aliphatic rings. The Hall–Kier alpha value is -0.930. The van der Waals surface area contributed by atoms with Crippen LogP contribution in [0.4, 0.5) is 0 Å². The molecule has 1 aromatic rings. The Kier molecular flexibility index (Phi) is 3.50. The molecule has 2 heterocycles. The van der Waals surface area contributed by atoms with E-state index in [0.717, 1.165) is 25.4 Å². The third-order valence-electron chi connectivity index (χ3n) is 3.53. The fraction of sp³-hybridized carbons (Fsp3) is 0.643. The van der Waals surface area contributed by atoms with Crippen LogP contribution in [0.2, 0.25) is 0 Å². The average Bonchev–Trinajstić information content (AvgIpc) is 2.27. The average molecular weight is 234 g/mol. The normalized spacial score (nSPS) is 24.8. The van der Waals surface area contributed by atoms with Gasteiger partial charge in [-0.2, -0.15) is 0 Å². The van der Waals surface area contributed by atoms with Gasteiger partial charge in [-0.15, -0.1) is 0 Å². The summed E-state index contributed by atoms with van der Waals surface area (Å²) < 4.78 is 5.73. The van der Waals surface area contributed by atoms with Crippen molar-refractivity contribution in [3.63, 3.8) is 0 Å². The third-order valence-corrected chi connectivity index (χ3v) is 3.53. The van der Waals surface area contributed by atoms with Crippen LogP contribution in [0.3, 0.4) is 0 Å². The highest BCUT2D eigenvalue weighted by Gasteiger charge is 2.33. The van der Waals surface area contributed by atoms with E-state index in [1.165, 1.54) is 5.56 Å². The van der Waals surface area contributed by atoms with Gasteiger partial charge in [-0.05, 0) is 39.3 Å². The van der Waals surface area contributed by atoms with E-state index >= 15 is 0 Å². The second-order valence-corrected chi connectivity index (χ2v) is 5.56. The molecule has 1 unspecified atom stereocenters. The minimum atomic E-state index is 0.106. The monoisotopic (exact) mass is 234 g/mol. The van der Waals surface area contributed by atoms with Crippen molar-refractivity contribution < 1.29 is 4.74 Å². The molecular weight excluding hydrogens is 212 g/mol. The molecule has 1 atom stereocenters. The highest BCUT2D eigenvalue weighted by atomic mass is 16.5. The Labute approximate surface area is 104 Å². The zero-order valence-corrected chi connectivity index (χ0v) is 11.2. The van der Waals surface area contributed by atoms with E-state index in [-0.39, 0.29) is 5.54 Å². The summed E-state index contributed by atoms with van der Waals surface area (Å²) in [5.41, 5.74) is 2.55. The molecule has 0 spiro atoms. The molecule has 0 aromatic carbocycles. The number of hydrogen-bond acceptors (Lipinski definition) is 3. The van der Waals surface area contributed by atoms with E-state index < -0.39 is 0 Å². The lowest BCUT2D eigenvalue weighted by molar-refractivity contribution is -0.0950. The van der Waals surface area contributed by atoms with Crippen LogP contribution in [0.5, 0.6) is 0 Å². The van der Waals surface area contributed by atoms with Gasteiger partial charge >= 0.3 is 0 Å². The summed E-state index contributed by atoms with van der Waals surface area (Å²) in [6, 6.07) is 4.18. The summed E-state index contributed by atoms with van der Waals surface area (Å²) in [5, 5.41) is 0. The second kappa shape index (κ2) is 4.75. The summed E-state index contributed by atoms with van der Waals surface area (Å²) >= 11 is 0. The van der Waals surface area contributed by atoms with Crippen LogP contribution in [-0.4, -0.2) is 34.7 Å². The summed E-state index contributed by atoms with van der Waals surface area (Å²) in [5.74, 6) is 0. The first-order chi connectivity index (χ1) is 7.99. The molecule has 1 aromatic heterocycles. The van der Waals surface area contributed by atoms with Crippen molar-refractivity contribution in [1.82, 2.24) is 9.88 Å². The number of ether oxygens (including phenoxy) is 1. The summed E-state index contributed by atoms with van der Waals surface area (Å²) in [6.07, 6.45) is 2.17. The fourth-order valence-corrected chi connectivity index (χ4v) is 2.22. The number of nitrogens with zero attached hydrogens (tertiary/aromatic N) is 2. The molecule has 1 fully saturated rings. The standard InChI is InChI=1S/C14H22N2O/c1-11-8-16(14(3,4)10-17-11)9-13-6-5-7-15-12(13)2/h5-7,11H,8-10H2,1-4H3. The van der Waals surface area contributed by atoms with Crippen LogP contribution >= 0.6 is 0 Å². The minimum Gasteiger partial charge on any atom is -0.375 e. The highest BCUT2D eigenvalue weighted by molar-refractivity contribution is 5.18. The number of pyridine rings is 1. The Bertz CT molecular complexity index is 390. The quantitative estimate of drug-likeness (QED) is 0.785. The number of aromatic nitrogens is 1. The highest BCUT2D eigenvalue weighted by Crippen LogP contribution is 2.24. The molecule has 94 valence electrons. The maximum atomic E-state index is 5.73. The molecule has 0 radical (unpaired) electrons. The number of rotatable bonds is 2. The van der Waals surface area contributed by atoms with E-state index in [9.17, 15) is 0 Å². The second-order valence-electron chi connectivity index (χ2n) is 5.56. The van der Waals surface area contributed by atoms with Crippen molar-refractivity contribution in [2.45, 2.75) is 45.9 Å². The summed E-state index contributed by atoms with van der Waals surface area (Å²) in [7, 11) is 0. The first kappa shape index (κ1) is 12.5. The molecule has 1 aliphatic heterocycles. The van der Waals surface area contributed by atoms with Gasteiger partial charge in [0.2, 0.25) is 0 Å². The molecule has 0 N–H and O–H groups in total. The Morgan fingerprint density at radius 1 is 1.53 bits per heavy atom. The molecule has 0 aliphatic carbocycles. The van der Waals surface area contributed by atoms with Crippen LogP contribution in [-0.2, 0) is 11.3 Å². The smallest absolute Gasteiger partial charge is 0.0675 e. The minimum absolute atomic E-state index is 0.106. The molecule has 0 saturated carbocycles. The van der Waals surface area contributed by atoms with E-state index in [2.05, 4.69) is 43.6 Å². The largest absolute Gasteiger partial charge is 0.375 e. The summed E-state index contributed by atoms with van der Waals surface area (Å²) in [4.78, 5) is 6.84. The van der Waals surface area contributed by atoms with Gasteiger partial charge in [-0.1, -0.05) is 6.07 Å². The molecule has 0 amide bonds. The zero-order valence-electron chi connectivity index (χ0n) is 11.2. The topological polar surface area (TPSA) is 25.4 Å². The van der Waals surface area contributed by atoms with Crippen LogP contribution in [0.15, 0.2) is 18.3 Å². The van der Waals surface area contributed by atoms with Gasteiger partial charge in [0.1, 0.15) is 0 Å². The van der Waals surface area contributed by atoms with E-state index in [1.54, 1.807) is 0 Å². The first-order valence-electron chi connectivity index (χ1n) is 6.26. The third kappa shape index (κ3) is 2.85. The molecule has 17 heavy (non-hydrogen) atoms. The SMILES string of the molecule is Cc1ncccc1CN1CC(C)OCC1(C)C. The van der Waals surface area contributed by atoms with E-state index in [1.807, 2.05) is 12.3 Å². The lowest BCUT2D eigenvalue weighted by Crippen LogP contribution is -2.54. The molecule has 1 saturated heterocycles. The van der Waals surface area contributed by atoms with Crippen LogP contribution in [0.1, 0.15) is 32.0 Å². The predicted molar refractivity (Wildman–Crippen MR) is 68.9 cm³/mol. The molecule has 3 heteroatoms. The van der Waals surface area contributed by atoms with Crippen molar-refractivity contribution in [2.75, 3.05) is 13.2 Å². The van der Waals surface area contributed by atoms with Gasteiger partial charge in [-0.25, -0.2) is 0 Å². The van der Waals surface area contributed by atoms with Gasteiger partial charge in [0.25, 0.3) is 0 Å². The molecule has 2 rings (SSSR count). The lowest BCUT2D eigenvalue weighted by atomic mass is 9.99. The van der Waals surface area contributed by atoms with Crippen molar-refractivity contribution in [1.29, 1.82) is 0 Å². The van der Waals surface area contributed by atoms with Crippen LogP contribution < -0.4 is 0 Å². The van der Waals surface area contributed by atoms with Crippen molar-refractivity contribution >= 4 is 0 Å². The van der Waals surface area contributed by atoms with Gasteiger partial charge in [0.15, 0.2) is 0 Å². The Morgan fingerprint density at radius 3 is 3.00 bits per heavy atom. The van der Waals surface area contributed by atoms with Crippen LogP contribution in [0.25, 0.3) is 0 Å². The Balaban J connectivity index is 2.14. The molecular formula is C14H22N2O. The maximum Gasteiger partial charge on any atom is 0.0675 e. The van der Waals surface area contributed by atoms with E-state index in [4.69, 9.17) is 4.74 Å². The molecule has 0 bridgehead atoms. The van der Waals surface area contributed by atoms with Crippen molar-refractivity contribution in [3.8, 4) is 0 Å². The first-order valence-corrected chi connectivity index (χ1v) is 6.26. The van der Waals surface area contributed by atoms with Gasteiger partial charge in [0, 0.05) is 30.5 Å². The number of aryl methyl sites for hydroxylation is 1. The number of hydrogen-bond donors (Lipinski definition) is 0. The van der Waals surface area contributed by atoms with Gasteiger partial charge < -0.3 is 4.74 Å².